The normalized spacial score (nSPS) is 15.0. The fourth-order valence-electron chi connectivity index (χ4n) is 3.17. The van der Waals surface area contributed by atoms with Crippen LogP contribution in [-0.4, -0.2) is 56.4 Å². The number of halogens is 1. The molecular formula is C24H27FN4O6. The van der Waals surface area contributed by atoms with Crippen molar-refractivity contribution in [2.45, 2.75) is 25.9 Å². The summed E-state index contributed by atoms with van der Waals surface area (Å²) in [5.74, 6) is -1.82. The van der Waals surface area contributed by atoms with Gasteiger partial charge in [-0.15, -0.1) is 0 Å². The topological polar surface area (TPSA) is 127 Å². The summed E-state index contributed by atoms with van der Waals surface area (Å²) in [4.78, 5) is 35.8. The Kier molecular flexibility index (Phi) is 9.55. The van der Waals surface area contributed by atoms with E-state index in [0.29, 0.717) is 36.0 Å². The maximum absolute atomic E-state index is 13.0. The van der Waals surface area contributed by atoms with E-state index in [2.05, 4.69) is 21.2 Å². The molecule has 35 heavy (non-hydrogen) atoms. The maximum atomic E-state index is 13.0. The third kappa shape index (κ3) is 8.38. The minimum atomic E-state index is -0.892. The van der Waals surface area contributed by atoms with E-state index in [1.54, 1.807) is 25.1 Å². The first-order chi connectivity index (χ1) is 16.9. The highest BCUT2D eigenvalue weighted by atomic mass is 19.1. The first kappa shape index (κ1) is 25.6. The van der Waals surface area contributed by atoms with Crippen molar-refractivity contribution in [2.24, 2.45) is 5.10 Å². The van der Waals surface area contributed by atoms with Crippen LogP contribution in [0.25, 0.3) is 0 Å². The minimum Gasteiger partial charge on any atom is -0.490 e. The molecular weight excluding hydrogens is 459 g/mol. The summed E-state index contributed by atoms with van der Waals surface area (Å²) in [6, 6.07) is 10.2. The van der Waals surface area contributed by atoms with Crippen molar-refractivity contribution in [1.29, 1.82) is 0 Å². The summed E-state index contributed by atoms with van der Waals surface area (Å²) < 4.78 is 29.5. The number of hydrazone groups is 1. The molecule has 0 bridgehead atoms. The standard InChI is InChI=1S/C24H27FN4O6/c1-2-33-21-12-16(13-27-29-24(32)23(31)26-14-19-4-3-11-34-19)5-10-20(21)35-15-22(30)28-18-8-6-17(25)7-9-18/h5-10,12-13,19H,2-4,11,14-15H2,1H3,(H,26,31)(H,28,30)(H,29,32)/b27-13-/t19-/m1/s1. The lowest BCUT2D eigenvalue weighted by Crippen LogP contribution is -2.41. The van der Waals surface area contributed by atoms with Crippen molar-refractivity contribution in [3.8, 4) is 11.5 Å². The maximum Gasteiger partial charge on any atom is 0.329 e. The molecule has 0 aromatic heterocycles. The van der Waals surface area contributed by atoms with Gasteiger partial charge in [-0.25, -0.2) is 9.82 Å². The zero-order chi connectivity index (χ0) is 25.0. The second kappa shape index (κ2) is 13.0. The molecule has 11 heteroatoms. The lowest BCUT2D eigenvalue weighted by molar-refractivity contribution is -0.139. The molecule has 2 aromatic rings. The second-order valence-corrected chi connectivity index (χ2v) is 7.53. The van der Waals surface area contributed by atoms with Crippen molar-refractivity contribution >= 4 is 29.6 Å². The van der Waals surface area contributed by atoms with Gasteiger partial charge < -0.3 is 24.8 Å². The van der Waals surface area contributed by atoms with Crippen LogP contribution in [-0.2, 0) is 19.1 Å². The van der Waals surface area contributed by atoms with Gasteiger partial charge in [0.25, 0.3) is 5.91 Å². The summed E-state index contributed by atoms with van der Waals surface area (Å²) in [5.41, 5.74) is 3.18. The van der Waals surface area contributed by atoms with Gasteiger partial charge in [-0.3, -0.25) is 14.4 Å². The van der Waals surface area contributed by atoms with Gasteiger partial charge >= 0.3 is 11.8 Å². The average Bonchev–Trinajstić information content (AvgIpc) is 3.37. The number of hydrogen-bond acceptors (Lipinski definition) is 7. The van der Waals surface area contributed by atoms with Gasteiger partial charge in [0.2, 0.25) is 0 Å². The van der Waals surface area contributed by atoms with Crippen LogP contribution < -0.4 is 25.5 Å². The van der Waals surface area contributed by atoms with Gasteiger partial charge in [0.15, 0.2) is 18.1 Å². The molecule has 1 atom stereocenters. The number of benzene rings is 2. The summed E-state index contributed by atoms with van der Waals surface area (Å²) in [6.07, 6.45) is 3.06. The SMILES string of the molecule is CCOc1cc(/C=N\NC(=O)C(=O)NC[C@H]2CCCO2)ccc1OCC(=O)Nc1ccc(F)cc1. The Balaban J connectivity index is 1.50. The predicted molar refractivity (Wildman–Crippen MR) is 126 cm³/mol. The monoisotopic (exact) mass is 486 g/mol. The average molecular weight is 487 g/mol. The van der Waals surface area contributed by atoms with E-state index in [9.17, 15) is 18.8 Å². The Labute approximate surface area is 201 Å². The first-order valence-corrected chi connectivity index (χ1v) is 11.1. The lowest BCUT2D eigenvalue weighted by Gasteiger charge is -2.12. The second-order valence-electron chi connectivity index (χ2n) is 7.53. The molecule has 1 aliphatic rings. The van der Waals surface area contributed by atoms with Crippen molar-refractivity contribution in [3.63, 3.8) is 0 Å². The predicted octanol–water partition coefficient (Wildman–Crippen LogP) is 1.99. The molecule has 3 amide bonds. The Hall–Kier alpha value is -3.99. The highest BCUT2D eigenvalue weighted by Gasteiger charge is 2.19. The number of anilines is 1. The number of nitrogens with zero attached hydrogens (tertiary/aromatic N) is 1. The minimum absolute atomic E-state index is 0.0676. The van der Waals surface area contributed by atoms with Crippen molar-refractivity contribution in [3.05, 3.63) is 53.8 Å². The van der Waals surface area contributed by atoms with Crippen LogP contribution in [0, 0.1) is 5.82 Å². The van der Waals surface area contributed by atoms with Crippen LogP contribution in [0.15, 0.2) is 47.6 Å². The lowest BCUT2D eigenvalue weighted by atomic mass is 10.2. The van der Waals surface area contributed by atoms with Crippen LogP contribution in [0.1, 0.15) is 25.3 Å². The molecule has 0 saturated carbocycles. The molecule has 186 valence electrons. The summed E-state index contributed by atoms with van der Waals surface area (Å²) in [7, 11) is 0. The molecule has 0 spiro atoms. The number of ether oxygens (including phenoxy) is 3. The Morgan fingerprint density at radius 1 is 1.11 bits per heavy atom. The zero-order valence-corrected chi connectivity index (χ0v) is 19.2. The van der Waals surface area contributed by atoms with Crippen molar-refractivity contribution in [1.82, 2.24) is 10.7 Å². The Morgan fingerprint density at radius 2 is 1.91 bits per heavy atom. The van der Waals surface area contributed by atoms with Gasteiger partial charge in [0, 0.05) is 18.8 Å². The third-order valence-corrected chi connectivity index (χ3v) is 4.85. The molecule has 2 aromatic carbocycles. The van der Waals surface area contributed by atoms with Crippen LogP contribution >= 0.6 is 0 Å². The van der Waals surface area contributed by atoms with Crippen LogP contribution in [0.5, 0.6) is 11.5 Å². The van der Waals surface area contributed by atoms with E-state index in [4.69, 9.17) is 14.2 Å². The Bertz CT molecular complexity index is 1050. The molecule has 1 saturated heterocycles. The van der Waals surface area contributed by atoms with E-state index in [-0.39, 0.29) is 19.3 Å². The van der Waals surface area contributed by atoms with E-state index in [1.807, 2.05) is 0 Å². The molecule has 3 rings (SSSR count). The molecule has 1 fully saturated rings. The molecule has 10 nitrogen and oxygen atoms in total. The fourth-order valence-corrected chi connectivity index (χ4v) is 3.17. The molecule has 1 aliphatic heterocycles. The van der Waals surface area contributed by atoms with Gasteiger partial charge in [-0.1, -0.05) is 0 Å². The first-order valence-electron chi connectivity index (χ1n) is 11.1. The summed E-state index contributed by atoms with van der Waals surface area (Å²) >= 11 is 0. The summed E-state index contributed by atoms with van der Waals surface area (Å²) in [6.45, 7) is 2.79. The largest absolute Gasteiger partial charge is 0.490 e. The number of nitrogens with one attached hydrogen (secondary N) is 3. The smallest absolute Gasteiger partial charge is 0.329 e. The number of carbonyl (C=O) groups is 3. The molecule has 3 N–H and O–H groups in total. The van der Waals surface area contributed by atoms with Crippen LogP contribution in [0.3, 0.4) is 0 Å². The zero-order valence-electron chi connectivity index (χ0n) is 19.2. The molecule has 0 radical (unpaired) electrons. The van der Waals surface area contributed by atoms with Crippen LogP contribution in [0.2, 0.25) is 0 Å². The molecule has 1 heterocycles. The number of rotatable bonds is 10. The number of carbonyl (C=O) groups excluding carboxylic acids is 3. The van der Waals surface area contributed by atoms with E-state index in [0.717, 1.165) is 12.8 Å². The highest BCUT2D eigenvalue weighted by molar-refractivity contribution is 6.35. The van der Waals surface area contributed by atoms with Gasteiger partial charge in [-0.05, 0) is 67.8 Å². The molecule has 0 unspecified atom stereocenters. The van der Waals surface area contributed by atoms with Gasteiger partial charge in [0.1, 0.15) is 5.82 Å². The fraction of sp³-hybridized carbons (Fsp3) is 0.333. The van der Waals surface area contributed by atoms with Crippen molar-refractivity contribution < 1.29 is 33.0 Å². The summed E-state index contributed by atoms with van der Waals surface area (Å²) in [5, 5.41) is 8.91. The number of hydrogen-bond donors (Lipinski definition) is 3. The van der Waals surface area contributed by atoms with E-state index >= 15 is 0 Å². The van der Waals surface area contributed by atoms with Crippen LogP contribution in [0.4, 0.5) is 10.1 Å². The van der Waals surface area contributed by atoms with E-state index < -0.39 is 23.5 Å². The number of amides is 3. The van der Waals surface area contributed by atoms with Gasteiger partial charge in [-0.2, -0.15) is 5.10 Å². The molecule has 0 aliphatic carbocycles. The third-order valence-electron chi connectivity index (χ3n) is 4.85. The highest BCUT2D eigenvalue weighted by Crippen LogP contribution is 2.28. The Morgan fingerprint density at radius 3 is 2.63 bits per heavy atom. The van der Waals surface area contributed by atoms with E-state index in [1.165, 1.54) is 30.5 Å². The van der Waals surface area contributed by atoms with Gasteiger partial charge in [0.05, 0.1) is 18.9 Å². The quantitative estimate of drug-likeness (QED) is 0.268. The van der Waals surface area contributed by atoms with Crippen molar-refractivity contribution in [2.75, 3.05) is 31.7 Å².